The van der Waals surface area contributed by atoms with Gasteiger partial charge in [-0.15, -0.1) is 0 Å². The van der Waals surface area contributed by atoms with Crippen LogP contribution in [0.25, 0.3) is 0 Å². The van der Waals surface area contributed by atoms with Crippen LogP contribution in [0.5, 0.6) is 0 Å². The Morgan fingerprint density at radius 3 is 2.75 bits per heavy atom. The van der Waals surface area contributed by atoms with Crippen LogP contribution in [0.15, 0.2) is 24.3 Å². The molecule has 0 spiro atoms. The number of rotatable bonds is 6. The first-order valence-electron chi connectivity index (χ1n) is 7.31. The molecule has 4 heteroatoms. The normalized spacial score (nSPS) is 19.7. The molecule has 0 bridgehead atoms. The predicted molar refractivity (Wildman–Crippen MR) is 78.5 cm³/mol. The van der Waals surface area contributed by atoms with Crippen molar-refractivity contribution in [1.82, 2.24) is 9.80 Å². The standard InChI is InChI=1S/C16H23FN2O/c1-3-19-10-4-5-15(19)11-18(2)12-16(20)13-6-8-14(17)9-7-13/h6-9,15H,3-5,10-12H2,1-2H3. The number of hydrogen-bond donors (Lipinski definition) is 0. The summed E-state index contributed by atoms with van der Waals surface area (Å²) < 4.78 is 12.8. The van der Waals surface area contributed by atoms with Crippen LogP contribution in [0.2, 0.25) is 0 Å². The van der Waals surface area contributed by atoms with Crippen LogP contribution >= 0.6 is 0 Å². The minimum Gasteiger partial charge on any atom is -0.299 e. The number of carbonyl (C=O) groups excluding carboxylic acids is 1. The number of likely N-dealkylation sites (tertiary alicyclic amines) is 1. The first kappa shape index (κ1) is 15.1. The van der Waals surface area contributed by atoms with Crippen molar-refractivity contribution in [2.75, 3.05) is 33.2 Å². The van der Waals surface area contributed by atoms with Crippen molar-refractivity contribution in [1.29, 1.82) is 0 Å². The molecule has 1 heterocycles. The second kappa shape index (κ2) is 6.95. The first-order valence-corrected chi connectivity index (χ1v) is 7.31. The molecule has 1 atom stereocenters. The molecule has 1 aliphatic heterocycles. The number of benzene rings is 1. The minimum atomic E-state index is -0.306. The van der Waals surface area contributed by atoms with E-state index in [1.54, 1.807) is 12.1 Å². The Morgan fingerprint density at radius 2 is 2.10 bits per heavy atom. The van der Waals surface area contributed by atoms with E-state index in [0.29, 0.717) is 18.2 Å². The lowest BCUT2D eigenvalue weighted by atomic mass is 10.1. The van der Waals surface area contributed by atoms with Crippen molar-refractivity contribution in [3.05, 3.63) is 35.6 Å². The fraction of sp³-hybridized carbons (Fsp3) is 0.562. The number of Topliss-reactive ketones (excluding diaryl/α,β-unsaturated/α-hetero) is 1. The van der Waals surface area contributed by atoms with Crippen molar-refractivity contribution in [2.24, 2.45) is 0 Å². The van der Waals surface area contributed by atoms with Crippen LogP contribution in [0.3, 0.4) is 0 Å². The van der Waals surface area contributed by atoms with Gasteiger partial charge in [-0.1, -0.05) is 6.92 Å². The lowest BCUT2D eigenvalue weighted by Crippen LogP contribution is -2.40. The zero-order chi connectivity index (χ0) is 14.5. The molecule has 1 aromatic rings. The SMILES string of the molecule is CCN1CCCC1CN(C)CC(=O)c1ccc(F)cc1. The third kappa shape index (κ3) is 3.87. The highest BCUT2D eigenvalue weighted by Crippen LogP contribution is 2.17. The van der Waals surface area contributed by atoms with E-state index in [2.05, 4.69) is 16.7 Å². The Morgan fingerprint density at radius 1 is 1.40 bits per heavy atom. The van der Waals surface area contributed by atoms with Crippen LogP contribution in [0.4, 0.5) is 4.39 Å². The van der Waals surface area contributed by atoms with Crippen LogP contribution in [-0.2, 0) is 0 Å². The highest BCUT2D eigenvalue weighted by molar-refractivity contribution is 5.97. The molecule has 1 fully saturated rings. The molecule has 0 amide bonds. The summed E-state index contributed by atoms with van der Waals surface area (Å²) in [6.07, 6.45) is 2.46. The highest BCUT2D eigenvalue weighted by Gasteiger charge is 2.24. The molecular formula is C16H23FN2O. The van der Waals surface area contributed by atoms with Crippen molar-refractivity contribution in [3.8, 4) is 0 Å². The molecule has 1 saturated heterocycles. The molecule has 0 aliphatic carbocycles. The van der Waals surface area contributed by atoms with Gasteiger partial charge < -0.3 is 0 Å². The third-order valence-corrected chi connectivity index (χ3v) is 4.01. The van der Waals surface area contributed by atoms with Gasteiger partial charge in [-0.25, -0.2) is 4.39 Å². The molecule has 110 valence electrons. The molecule has 0 aromatic heterocycles. The summed E-state index contributed by atoms with van der Waals surface area (Å²) in [7, 11) is 1.98. The van der Waals surface area contributed by atoms with Crippen LogP contribution in [0.1, 0.15) is 30.1 Å². The average molecular weight is 278 g/mol. The van der Waals surface area contributed by atoms with Gasteiger partial charge in [0.15, 0.2) is 5.78 Å². The fourth-order valence-corrected chi connectivity index (χ4v) is 2.91. The Labute approximate surface area is 120 Å². The topological polar surface area (TPSA) is 23.6 Å². The number of halogens is 1. The van der Waals surface area contributed by atoms with E-state index >= 15 is 0 Å². The summed E-state index contributed by atoms with van der Waals surface area (Å²) in [4.78, 5) is 16.7. The number of nitrogens with zero attached hydrogens (tertiary/aromatic N) is 2. The van der Waals surface area contributed by atoms with Crippen LogP contribution in [0, 0.1) is 5.82 Å². The lowest BCUT2D eigenvalue weighted by Gasteiger charge is -2.27. The Balaban J connectivity index is 1.86. The summed E-state index contributed by atoms with van der Waals surface area (Å²) in [6.45, 7) is 5.73. The number of ketones is 1. The van der Waals surface area contributed by atoms with E-state index in [1.165, 1.54) is 31.5 Å². The summed E-state index contributed by atoms with van der Waals surface area (Å²) in [6, 6.07) is 6.34. The van der Waals surface area contributed by atoms with E-state index < -0.39 is 0 Å². The van der Waals surface area contributed by atoms with Gasteiger partial charge in [0.1, 0.15) is 5.82 Å². The fourth-order valence-electron chi connectivity index (χ4n) is 2.91. The van der Waals surface area contributed by atoms with Crippen molar-refractivity contribution in [2.45, 2.75) is 25.8 Å². The molecule has 1 unspecified atom stereocenters. The molecule has 2 rings (SSSR count). The van der Waals surface area contributed by atoms with Gasteiger partial charge in [-0.3, -0.25) is 14.6 Å². The molecule has 3 nitrogen and oxygen atoms in total. The highest BCUT2D eigenvalue weighted by atomic mass is 19.1. The molecule has 0 N–H and O–H groups in total. The first-order chi connectivity index (χ1) is 9.60. The van der Waals surface area contributed by atoms with Crippen molar-refractivity contribution >= 4 is 5.78 Å². The molecule has 20 heavy (non-hydrogen) atoms. The quantitative estimate of drug-likeness (QED) is 0.747. The van der Waals surface area contributed by atoms with Gasteiger partial charge >= 0.3 is 0 Å². The molecule has 1 aromatic carbocycles. The Kier molecular flexibility index (Phi) is 5.26. The predicted octanol–water partition coefficient (Wildman–Crippen LogP) is 2.42. The van der Waals surface area contributed by atoms with Gasteiger partial charge in [-0.2, -0.15) is 0 Å². The van der Waals surface area contributed by atoms with Crippen LogP contribution < -0.4 is 0 Å². The number of likely N-dealkylation sites (N-methyl/N-ethyl adjacent to an activating group) is 2. The van der Waals surface area contributed by atoms with E-state index in [4.69, 9.17) is 0 Å². The average Bonchev–Trinajstić information content (AvgIpc) is 2.86. The van der Waals surface area contributed by atoms with Gasteiger partial charge in [0.05, 0.1) is 6.54 Å². The molecule has 0 radical (unpaired) electrons. The molecular weight excluding hydrogens is 255 g/mol. The Hall–Kier alpha value is -1.26. The second-order valence-electron chi connectivity index (χ2n) is 5.55. The van der Waals surface area contributed by atoms with E-state index in [-0.39, 0.29) is 11.6 Å². The van der Waals surface area contributed by atoms with Gasteiger partial charge in [-0.05, 0) is 57.2 Å². The zero-order valence-electron chi connectivity index (χ0n) is 12.3. The summed E-state index contributed by atoms with van der Waals surface area (Å²) >= 11 is 0. The van der Waals surface area contributed by atoms with E-state index in [9.17, 15) is 9.18 Å². The van der Waals surface area contributed by atoms with Crippen LogP contribution in [-0.4, -0.2) is 54.9 Å². The zero-order valence-corrected chi connectivity index (χ0v) is 12.3. The smallest absolute Gasteiger partial charge is 0.176 e. The third-order valence-electron chi connectivity index (χ3n) is 4.01. The van der Waals surface area contributed by atoms with E-state index in [1.807, 2.05) is 7.05 Å². The summed E-state index contributed by atoms with van der Waals surface area (Å²) in [5, 5.41) is 0. The Bertz CT molecular complexity index is 446. The lowest BCUT2D eigenvalue weighted by molar-refractivity contribution is 0.0929. The molecule has 1 aliphatic rings. The maximum Gasteiger partial charge on any atom is 0.176 e. The van der Waals surface area contributed by atoms with Crippen molar-refractivity contribution in [3.63, 3.8) is 0 Å². The largest absolute Gasteiger partial charge is 0.299 e. The maximum absolute atomic E-state index is 12.8. The second-order valence-corrected chi connectivity index (χ2v) is 5.55. The summed E-state index contributed by atoms with van der Waals surface area (Å²) in [5.41, 5.74) is 0.581. The van der Waals surface area contributed by atoms with Crippen molar-refractivity contribution < 1.29 is 9.18 Å². The molecule has 0 saturated carbocycles. The van der Waals surface area contributed by atoms with Gasteiger partial charge in [0.2, 0.25) is 0 Å². The maximum atomic E-state index is 12.8. The number of hydrogen-bond acceptors (Lipinski definition) is 3. The van der Waals surface area contributed by atoms with E-state index in [0.717, 1.165) is 13.1 Å². The minimum absolute atomic E-state index is 0.0496. The van der Waals surface area contributed by atoms with Gasteiger partial charge in [0, 0.05) is 18.2 Å². The summed E-state index contributed by atoms with van der Waals surface area (Å²) in [5.74, 6) is -0.256. The number of carbonyl (C=O) groups is 1. The monoisotopic (exact) mass is 278 g/mol. The van der Waals surface area contributed by atoms with Gasteiger partial charge in [0.25, 0.3) is 0 Å².